The number of aryl methyl sites for hydroxylation is 1. The first-order valence-electron chi connectivity index (χ1n) is 13.5. The van der Waals surface area contributed by atoms with Crippen LogP contribution in [-0.4, -0.2) is 29.0 Å². The Balaban J connectivity index is 1.27. The van der Waals surface area contributed by atoms with Gasteiger partial charge in [-0.1, -0.05) is 72.4 Å². The predicted octanol–water partition coefficient (Wildman–Crippen LogP) is 6.75. The Labute approximate surface area is 247 Å². The number of aromatic nitrogens is 2. The van der Waals surface area contributed by atoms with Gasteiger partial charge >= 0.3 is 6.09 Å². The van der Waals surface area contributed by atoms with Crippen LogP contribution in [0.5, 0.6) is 0 Å². The van der Waals surface area contributed by atoms with Crippen molar-refractivity contribution in [1.82, 2.24) is 15.3 Å². The van der Waals surface area contributed by atoms with Crippen molar-refractivity contribution in [3.63, 3.8) is 0 Å². The summed E-state index contributed by atoms with van der Waals surface area (Å²) < 4.78 is 5.78. The molecule has 2 aromatic heterocycles. The minimum Gasteiger partial charge on any atom is -0.449 e. The Morgan fingerprint density at radius 1 is 0.952 bits per heavy atom. The molecule has 3 aromatic carbocycles. The zero-order chi connectivity index (χ0) is 29.1. The summed E-state index contributed by atoms with van der Waals surface area (Å²) >= 11 is 1.37. The van der Waals surface area contributed by atoms with Crippen LogP contribution in [0.3, 0.4) is 0 Å². The quantitative estimate of drug-likeness (QED) is 0.199. The number of hydrogen-bond donors (Lipinski definition) is 2. The highest BCUT2D eigenvalue weighted by atomic mass is 32.2. The predicted molar refractivity (Wildman–Crippen MR) is 163 cm³/mol. The SMILES string of the molecule is Cc1ccc(-c2ccc(=O)[nH]c2)c(CNC(=O)OCC2c3ccccc3-c3ccccc32)c1Sc1ncccc1C=O. The van der Waals surface area contributed by atoms with Crippen molar-refractivity contribution in [1.29, 1.82) is 0 Å². The fourth-order valence-corrected chi connectivity index (χ4v) is 6.47. The van der Waals surface area contributed by atoms with Crippen LogP contribution in [0.15, 0.2) is 112 Å². The first-order valence-corrected chi connectivity index (χ1v) is 14.3. The molecule has 8 heteroatoms. The van der Waals surface area contributed by atoms with Gasteiger partial charge in [-0.05, 0) is 69.6 Å². The lowest BCUT2D eigenvalue weighted by molar-refractivity contribution is 0.112. The van der Waals surface area contributed by atoms with E-state index in [1.165, 1.54) is 29.0 Å². The van der Waals surface area contributed by atoms with Gasteiger partial charge in [-0.2, -0.15) is 0 Å². The normalized spacial score (nSPS) is 11.9. The third kappa shape index (κ3) is 5.36. The van der Waals surface area contributed by atoms with Crippen molar-refractivity contribution in [3.8, 4) is 22.3 Å². The van der Waals surface area contributed by atoms with Crippen LogP contribution in [0.25, 0.3) is 22.3 Å². The molecule has 1 amide bonds. The molecule has 2 N–H and O–H groups in total. The summed E-state index contributed by atoms with van der Waals surface area (Å²) in [6, 6.07) is 27.0. The van der Waals surface area contributed by atoms with E-state index in [1.807, 2.05) is 43.3 Å². The molecule has 0 radical (unpaired) electrons. The van der Waals surface area contributed by atoms with Crippen molar-refractivity contribution in [2.24, 2.45) is 0 Å². The second kappa shape index (κ2) is 11.9. The van der Waals surface area contributed by atoms with Gasteiger partial charge in [0.1, 0.15) is 11.6 Å². The van der Waals surface area contributed by atoms with Crippen LogP contribution in [0.2, 0.25) is 0 Å². The molecule has 0 aliphatic heterocycles. The van der Waals surface area contributed by atoms with Crippen molar-refractivity contribution < 1.29 is 14.3 Å². The average molecular weight is 574 g/mol. The molecule has 0 unspecified atom stereocenters. The average Bonchev–Trinajstić information content (AvgIpc) is 3.34. The first-order chi connectivity index (χ1) is 20.5. The van der Waals surface area contributed by atoms with Gasteiger partial charge in [0.05, 0.1) is 0 Å². The van der Waals surface area contributed by atoms with E-state index >= 15 is 0 Å². The molecule has 0 bridgehead atoms. The Bertz CT molecular complexity index is 1800. The molecule has 0 fully saturated rings. The van der Waals surface area contributed by atoms with E-state index < -0.39 is 6.09 Å². The molecule has 6 rings (SSSR count). The number of pyridine rings is 2. The molecule has 0 saturated carbocycles. The Hall–Kier alpha value is -4.95. The summed E-state index contributed by atoms with van der Waals surface area (Å²) in [6.45, 7) is 2.34. The molecular weight excluding hydrogens is 546 g/mol. The maximum atomic E-state index is 13.1. The van der Waals surface area contributed by atoms with Crippen LogP contribution in [0.1, 0.15) is 38.5 Å². The molecular formula is C34H27N3O4S. The minimum atomic E-state index is -0.534. The molecule has 0 saturated heterocycles. The fraction of sp³-hybridized carbons (Fsp3) is 0.118. The number of carbonyl (C=O) groups excluding carboxylic acids is 2. The zero-order valence-corrected chi connectivity index (χ0v) is 23.6. The van der Waals surface area contributed by atoms with Crippen LogP contribution < -0.4 is 10.9 Å². The Kier molecular flexibility index (Phi) is 7.70. The van der Waals surface area contributed by atoms with E-state index in [4.69, 9.17) is 4.74 Å². The molecule has 1 aliphatic carbocycles. The van der Waals surface area contributed by atoms with Crippen LogP contribution in [0.4, 0.5) is 4.79 Å². The van der Waals surface area contributed by atoms with Crippen molar-refractivity contribution in [2.45, 2.75) is 29.3 Å². The maximum Gasteiger partial charge on any atom is 0.407 e. The molecule has 208 valence electrons. The van der Waals surface area contributed by atoms with Crippen molar-refractivity contribution >= 4 is 24.1 Å². The number of nitrogens with zero attached hydrogens (tertiary/aromatic N) is 1. The standard InChI is InChI=1S/C34H27N3O4S/c1-21-12-14-24(22-13-15-31(39)36-17-22)29(32(21)42-33-23(19-38)7-6-16-35-33)18-37-34(40)41-20-30-27-10-4-2-8-25(27)26-9-3-5-11-28(26)30/h2-17,19,30H,18,20H2,1H3,(H,36,39)(H,37,40). The number of amides is 1. The number of hydrogen-bond acceptors (Lipinski definition) is 6. The summed E-state index contributed by atoms with van der Waals surface area (Å²) in [5.74, 6) is -0.0455. The first kappa shape index (κ1) is 27.2. The van der Waals surface area contributed by atoms with Gasteiger partial charge in [-0.3, -0.25) is 9.59 Å². The second-order valence-electron chi connectivity index (χ2n) is 9.98. The van der Waals surface area contributed by atoms with Gasteiger partial charge in [0, 0.05) is 41.4 Å². The molecule has 0 spiro atoms. The van der Waals surface area contributed by atoms with E-state index in [0.717, 1.165) is 44.6 Å². The molecule has 2 heterocycles. The highest BCUT2D eigenvalue weighted by Crippen LogP contribution is 2.44. The summed E-state index contributed by atoms with van der Waals surface area (Å²) in [7, 11) is 0. The highest BCUT2D eigenvalue weighted by Gasteiger charge is 2.29. The summed E-state index contributed by atoms with van der Waals surface area (Å²) in [5.41, 5.74) is 8.30. The lowest BCUT2D eigenvalue weighted by Crippen LogP contribution is -2.26. The van der Waals surface area contributed by atoms with Crippen LogP contribution in [0, 0.1) is 6.92 Å². The minimum absolute atomic E-state index is 0.0455. The van der Waals surface area contributed by atoms with Gasteiger partial charge in [0.25, 0.3) is 0 Å². The number of carbonyl (C=O) groups is 2. The third-order valence-electron chi connectivity index (χ3n) is 7.43. The number of benzene rings is 3. The van der Waals surface area contributed by atoms with E-state index in [2.05, 4.69) is 39.6 Å². The third-order valence-corrected chi connectivity index (χ3v) is 8.74. The smallest absolute Gasteiger partial charge is 0.407 e. The van der Waals surface area contributed by atoms with Crippen LogP contribution in [-0.2, 0) is 11.3 Å². The Morgan fingerprint density at radius 3 is 2.38 bits per heavy atom. The lowest BCUT2D eigenvalue weighted by Gasteiger charge is -2.19. The topological polar surface area (TPSA) is 101 Å². The van der Waals surface area contributed by atoms with Gasteiger partial charge in [0.15, 0.2) is 6.29 Å². The number of fused-ring (bicyclic) bond motifs is 3. The molecule has 5 aromatic rings. The lowest BCUT2D eigenvalue weighted by atomic mass is 9.98. The number of aldehydes is 1. The largest absolute Gasteiger partial charge is 0.449 e. The van der Waals surface area contributed by atoms with E-state index in [-0.39, 0.29) is 24.6 Å². The second-order valence-corrected chi connectivity index (χ2v) is 11.0. The van der Waals surface area contributed by atoms with Gasteiger partial charge in [-0.25, -0.2) is 9.78 Å². The summed E-state index contributed by atoms with van der Waals surface area (Å²) in [4.78, 5) is 44.5. The number of rotatable bonds is 8. The zero-order valence-electron chi connectivity index (χ0n) is 22.8. The summed E-state index contributed by atoms with van der Waals surface area (Å²) in [6.07, 6.45) is 3.54. The van der Waals surface area contributed by atoms with Crippen LogP contribution >= 0.6 is 11.8 Å². The van der Waals surface area contributed by atoms with Crippen molar-refractivity contribution in [2.75, 3.05) is 6.61 Å². The molecule has 7 nitrogen and oxygen atoms in total. The highest BCUT2D eigenvalue weighted by molar-refractivity contribution is 7.99. The Morgan fingerprint density at radius 2 is 1.69 bits per heavy atom. The summed E-state index contributed by atoms with van der Waals surface area (Å²) in [5, 5.41) is 3.50. The maximum absolute atomic E-state index is 13.1. The van der Waals surface area contributed by atoms with E-state index in [0.29, 0.717) is 10.6 Å². The number of H-pyrrole nitrogens is 1. The van der Waals surface area contributed by atoms with Gasteiger partial charge in [-0.15, -0.1) is 0 Å². The molecule has 1 aliphatic rings. The van der Waals surface area contributed by atoms with E-state index in [1.54, 1.807) is 30.6 Å². The van der Waals surface area contributed by atoms with E-state index in [9.17, 15) is 14.4 Å². The number of nitrogens with one attached hydrogen (secondary N) is 2. The fourth-order valence-electron chi connectivity index (χ4n) is 5.40. The van der Waals surface area contributed by atoms with Crippen molar-refractivity contribution in [3.05, 3.63) is 135 Å². The monoisotopic (exact) mass is 573 g/mol. The molecule has 0 atom stereocenters. The van der Waals surface area contributed by atoms with Gasteiger partial charge in [0.2, 0.25) is 5.56 Å². The number of alkyl carbamates (subject to hydrolysis) is 1. The molecule has 42 heavy (non-hydrogen) atoms. The number of aromatic amines is 1. The number of ether oxygens (including phenoxy) is 1. The van der Waals surface area contributed by atoms with Gasteiger partial charge < -0.3 is 15.0 Å².